The molecule has 0 aromatic heterocycles. The van der Waals surface area contributed by atoms with Gasteiger partial charge >= 0.3 is 0 Å². The average Bonchev–Trinajstić information content (AvgIpc) is 1.05. The van der Waals surface area contributed by atoms with Gasteiger partial charge in [0.2, 0.25) is 0 Å². The Morgan fingerprint density at radius 1 is 0.303 bits per heavy atom. The van der Waals surface area contributed by atoms with Gasteiger partial charge in [-0.3, -0.25) is 0 Å². The zero-order valence-electron chi connectivity index (χ0n) is 83.7. The van der Waals surface area contributed by atoms with E-state index in [4.69, 9.17) is 4.74 Å². The van der Waals surface area contributed by atoms with Crippen molar-refractivity contribution in [3.63, 3.8) is 0 Å². The minimum absolute atomic E-state index is 0.181. The van der Waals surface area contributed by atoms with Crippen LogP contribution in [0, 0.1) is 95.7 Å². The largest absolute Gasteiger partial charge is 0.493 e. The standard InChI is InChI=1S/C26H36.C22H30.C20H32.C18H28.C17H26O.C17H26S/c1-21-13-9-10-16-23(21)24(2,3)19-20-26(5,22-14-7-6-8-15-22)25(4)17-11-12-18-25;1-18-12-9-10-13-19(18)14-11-17-21(2,3)22(4,5)20-15-7-6-8-16-20;1-16-10-7-8-11-17(16)18(2,3)14-15-20(6)13-9-12-19(20,4)5;1-15-9-5-6-10-16(15)11-7-13-18(4)14-8-12-17(18,2)3;2*1-14-8-5-6-9-15(14)18-13-12-17(4)11-7-10-16(17,2)3/h6-10,13-16H,11-12,17-20H2,1-5H3;6-10,12-13,15-16H,11,14,17H2,1-5H3;7-8,10-11H,9,12-15H2,1-6H3;5-6,9-10H,7-8,11-14H2,1-4H3;2*5-6,8-9H,7,10-13H2,1-4H3/t26-;;20-;18-;2*17-/m1.0100/s1. The molecule has 5 aliphatic rings. The van der Waals surface area contributed by atoms with E-state index < -0.39 is 0 Å². The molecule has 0 amide bonds. The highest BCUT2D eigenvalue weighted by atomic mass is 32.2. The van der Waals surface area contributed by atoms with Gasteiger partial charge in [0.05, 0.1) is 6.61 Å². The van der Waals surface area contributed by atoms with E-state index in [1.807, 2.05) is 17.8 Å². The fourth-order valence-corrected chi connectivity index (χ4v) is 23.7. The van der Waals surface area contributed by atoms with E-state index in [9.17, 15) is 0 Å². The summed E-state index contributed by atoms with van der Waals surface area (Å²) in [4.78, 5) is 1.46. The summed E-state index contributed by atoms with van der Waals surface area (Å²) in [7, 11) is 0. The summed E-state index contributed by atoms with van der Waals surface area (Å²) in [6.45, 7) is 68.1. The van der Waals surface area contributed by atoms with Crippen molar-refractivity contribution >= 4 is 11.8 Å². The SMILES string of the molecule is Cc1ccccc1C(C)(C)CC[C@](C)(c1ccccc1)C1(C)CCCC1.Cc1ccccc1C(C)(C)CC[C@]1(C)CCCC1(C)C.Cc1ccccc1CCCC(C)(C)C(C)(C)c1ccccc1.Cc1ccccc1CCC[C@]1(C)CCCC1(C)C.Cc1ccccc1OCC[C@]1(C)CCCC1(C)C.Cc1ccccc1SCC[C@]1(C)CCCC1(C)C. The van der Waals surface area contributed by atoms with Crippen molar-refractivity contribution in [2.24, 2.45) is 54.1 Å². The summed E-state index contributed by atoms with van der Waals surface area (Å²) in [6, 6.07) is 74.7. The summed E-state index contributed by atoms with van der Waals surface area (Å²) >= 11 is 2.03. The lowest BCUT2D eigenvalue weighted by molar-refractivity contribution is 0.0955. The minimum atomic E-state index is 0.181. The molecular weight excluding hydrogens is 1490 g/mol. The van der Waals surface area contributed by atoms with Gasteiger partial charge in [0.25, 0.3) is 0 Å². The van der Waals surface area contributed by atoms with Crippen molar-refractivity contribution in [1.29, 1.82) is 0 Å². The number of thioether (sulfide) groups is 1. The first-order valence-corrected chi connectivity index (χ1v) is 49.8. The first-order chi connectivity index (χ1) is 57.1. The van der Waals surface area contributed by atoms with Crippen LogP contribution in [0.15, 0.2) is 211 Å². The zero-order valence-corrected chi connectivity index (χ0v) is 84.5. The molecular formula is C120H178OS. The van der Waals surface area contributed by atoms with Gasteiger partial charge in [-0.25, -0.2) is 0 Å². The fraction of sp³-hybridized carbons (Fsp3) is 0.600. The lowest BCUT2D eigenvalue weighted by Crippen LogP contribution is -2.41. The predicted molar refractivity (Wildman–Crippen MR) is 539 cm³/mol. The lowest BCUT2D eigenvalue weighted by atomic mass is 9.57. The van der Waals surface area contributed by atoms with Crippen LogP contribution in [0.4, 0.5) is 0 Å². The van der Waals surface area contributed by atoms with Crippen molar-refractivity contribution < 1.29 is 4.74 Å². The lowest BCUT2D eigenvalue weighted by Gasteiger charge is -2.47. The summed E-state index contributed by atoms with van der Waals surface area (Å²) in [6.07, 6.45) is 37.5. The van der Waals surface area contributed by atoms with Gasteiger partial charge in [0, 0.05) is 4.90 Å². The smallest absolute Gasteiger partial charge is 0.122 e. The number of ether oxygens (including phenoxy) is 1. The van der Waals surface area contributed by atoms with Crippen LogP contribution in [-0.4, -0.2) is 12.4 Å². The molecule has 0 unspecified atom stereocenters. The monoisotopic (exact) mass is 1670 g/mol. The van der Waals surface area contributed by atoms with Gasteiger partial charge < -0.3 is 4.74 Å². The van der Waals surface area contributed by atoms with E-state index in [0.29, 0.717) is 48.7 Å². The van der Waals surface area contributed by atoms with E-state index in [1.54, 1.807) is 0 Å². The third-order valence-corrected chi connectivity index (χ3v) is 36.7. The molecule has 0 saturated heterocycles. The van der Waals surface area contributed by atoms with Crippen LogP contribution in [0.5, 0.6) is 5.75 Å². The van der Waals surface area contributed by atoms with Gasteiger partial charge in [-0.05, 0) is 343 Å². The molecule has 0 N–H and O–H groups in total. The molecule has 8 aromatic rings. The molecule has 0 spiro atoms. The molecule has 5 aliphatic carbocycles. The zero-order chi connectivity index (χ0) is 89.8. The van der Waals surface area contributed by atoms with Crippen LogP contribution in [0.1, 0.15) is 386 Å². The van der Waals surface area contributed by atoms with Gasteiger partial charge in [-0.1, -0.05) is 385 Å². The average molecular weight is 1670 g/mol. The van der Waals surface area contributed by atoms with E-state index in [0.717, 1.165) is 18.8 Å². The first kappa shape index (κ1) is 101. The Kier molecular flexibility index (Phi) is 35.8. The predicted octanol–water partition coefficient (Wildman–Crippen LogP) is 36.4. The summed E-state index contributed by atoms with van der Waals surface area (Å²) < 4.78 is 5.96. The molecule has 122 heavy (non-hydrogen) atoms. The van der Waals surface area contributed by atoms with Crippen molar-refractivity contribution in [3.05, 3.63) is 273 Å². The molecule has 1 nitrogen and oxygen atoms in total. The Labute approximate surface area is 756 Å². The van der Waals surface area contributed by atoms with Crippen molar-refractivity contribution in [1.82, 2.24) is 0 Å². The van der Waals surface area contributed by atoms with Gasteiger partial charge in [-0.15, -0.1) is 11.8 Å². The van der Waals surface area contributed by atoms with Crippen LogP contribution >= 0.6 is 11.8 Å². The summed E-state index contributed by atoms with van der Waals surface area (Å²) in [5.74, 6) is 2.29. The van der Waals surface area contributed by atoms with E-state index in [1.165, 1.54) is 251 Å². The van der Waals surface area contributed by atoms with E-state index in [2.05, 4.69) is 394 Å². The number of hydrogen-bond acceptors (Lipinski definition) is 2. The van der Waals surface area contributed by atoms with E-state index in [-0.39, 0.29) is 27.1 Å². The van der Waals surface area contributed by atoms with Crippen LogP contribution in [-0.2, 0) is 34.5 Å². The molecule has 0 heterocycles. The van der Waals surface area contributed by atoms with Crippen LogP contribution in [0.25, 0.3) is 0 Å². The molecule has 5 atom stereocenters. The third kappa shape index (κ3) is 25.9. The highest BCUT2D eigenvalue weighted by Crippen LogP contribution is 2.60. The molecule has 670 valence electrons. The van der Waals surface area contributed by atoms with Gasteiger partial charge in [0.15, 0.2) is 0 Å². The fourth-order valence-electron chi connectivity index (χ4n) is 22.4. The van der Waals surface area contributed by atoms with Gasteiger partial charge in [-0.2, -0.15) is 0 Å². The van der Waals surface area contributed by atoms with Crippen molar-refractivity contribution in [2.45, 2.75) is 400 Å². The Balaban J connectivity index is 0.000000183. The van der Waals surface area contributed by atoms with Crippen LogP contribution in [0.3, 0.4) is 0 Å². The highest BCUT2D eigenvalue weighted by molar-refractivity contribution is 7.99. The molecule has 8 aromatic carbocycles. The number of benzene rings is 8. The maximum atomic E-state index is 5.96. The topological polar surface area (TPSA) is 9.23 Å². The number of rotatable bonds is 28. The first-order valence-electron chi connectivity index (χ1n) is 48.8. The number of hydrogen-bond donors (Lipinski definition) is 0. The van der Waals surface area contributed by atoms with Crippen molar-refractivity contribution in [2.75, 3.05) is 12.4 Å². The Hall–Kier alpha value is -6.09. The minimum Gasteiger partial charge on any atom is -0.493 e. The highest BCUT2D eigenvalue weighted by Gasteiger charge is 2.50. The Morgan fingerprint density at radius 2 is 0.672 bits per heavy atom. The second-order valence-corrected chi connectivity index (χ2v) is 47.4. The number of para-hydroxylation sites is 1. The normalized spacial score (nSPS) is 22.3. The second kappa shape index (κ2) is 43.1. The van der Waals surface area contributed by atoms with Crippen molar-refractivity contribution in [3.8, 4) is 5.75 Å². The van der Waals surface area contributed by atoms with E-state index >= 15 is 0 Å². The molecule has 5 fully saturated rings. The maximum absolute atomic E-state index is 5.96. The van der Waals surface area contributed by atoms with Gasteiger partial charge in [0.1, 0.15) is 5.75 Å². The molecule has 0 radical (unpaired) electrons. The molecule has 5 saturated carbocycles. The molecule has 0 aliphatic heterocycles. The van der Waals surface area contributed by atoms with Crippen LogP contribution < -0.4 is 4.74 Å². The quantitative estimate of drug-likeness (QED) is 0.0452. The Bertz CT molecular complexity index is 4260. The third-order valence-electron chi connectivity index (χ3n) is 35.5. The molecule has 13 rings (SSSR count). The number of aryl methyl sites for hydroxylation is 8. The second-order valence-electron chi connectivity index (χ2n) is 46.2. The molecule has 0 bridgehead atoms. The maximum Gasteiger partial charge on any atom is 0.122 e. The molecule has 2 heteroatoms. The Morgan fingerprint density at radius 3 is 1.11 bits per heavy atom. The summed E-state index contributed by atoms with van der Waals surface area (Å²) in [5, 5.41) is 0. The summed E-state index contributed by atoms with van der Waals surface area (Å²) in [5.41, 5.74) is 23.1. The van der Waals surface area contributed by atoms with Crippen LogP contribution in [0.2, 0.25) is 0 Å².